The second kappa shape index (κ2) is 5.81. The minimum atomic E-state index is 0.378. The summed E-state index contributed by atoms with van der Waals surface area (Å²) in [6.45, 7) is 7.31. The number of nitrogens with zero attached hydrogens (tertiary/aromatic N) is 4. The van der Waals surface area contributed by atoms with Crippen LogP contribution in [0.4, 0.5) is 0 Å². The van der Waals surface area contributed by atoms with Gasteiger partial charge in [0.1, 0.15) is 5.82 Å². The maximum Gasteiger partial charge on any atom is 0.124 e. The first-order chi connectivity index (χ1) is 11.2. The van der Waals surface area contributed by atoms with Crippen LogP contribution in [0.1, 0.15) is 42.9 Å². The molecule has 3 heterocycles. The van der Waals surface area contributed by atoms with Crippen LogP contribution in [-0.4, -0.2) is 31.0 Å². The van der Waals surface area contributed by atoms with Crippen molar-refractivity contribution in [1.29, 1.82) is 0 Å². The summed E-state index contributed by atoms with van der Waals surface area (Å²) in [7, 11) is 0. The monoisotopic (exact) mass is 309 g/mol. The predicted molar refractivity (Wildman–Crippen MR) is 91.1 cm³/mol. The van der Waals surface area contributed by atoms with Gasteiger partial charge in [0.15, 0.2) is 0 Å². The Bertz CT molecular complexity index is 816. The van der Waals surface area contributed by atoms with Crippen molar-refractivity contribution in [3.63, 3.8) is 0 Å². The number of likely N-dealkylation sites (tertiary alicyclic amines) is 1. The molecule has 0 amide bonds. The third kappa shape index (κ3) is 2.65. The second-order valence-corrected chi connectivity index (χ2v) is 6.44. The van der Waals surface area contributed by atoms with E-state index in [1.807, 2.05) is 12.5 Å². The summed E-state index contributed by atoms with van der Waals surface area (Å²) in [4.78, 5) is 15.2. The number of nitrogens with one attached hydrogen (secondary N) is 1. The van der Waals surface area contributed by atoms with Gasteiger partial charge in [0.05, 0.1) is 29.1 Å². The van der Waals surface area contributed by atoms with Crippen molar-refractivity contribution in [1.82, 2.24) is 24.4 Å². The molecule has 1 aliphatic heterocycles. The van der Waals surface area contributed by atoms with Crippen molar-refractivity contribution in [3.8, 4) is 0 Å². The average Bonchev–Trinajstić information content (AvgIpc) is 3.25. The molecule has 5 heteroatoms. The fourth-order valence-electron chi connectivity index (χ4n) is 3.60. The minimum Gasteiger partial charge on any atom is -0.341 e. The van der Waals surface area contributed by atoms with Gasteiger partial charge in [0, 0.05) is 19.3 Å². The molecule has 5 nitrogen and oxygen atoms in total. The van der Waals surface area contributed by atoms with Crippen LogP contribution in [0.3, 0.4) is 0 Å². The van der Waals surface area contributed by atoms with E-state index in [9.17, 15) is 0 Å². The number of aromatic nitrogens is 4. The molecule has 1 aliphatic rings. The number of rotatable bonds is 4. The lowest BCUT2D eigenvalue weighted by molar-refractivity contribution is 0.235. The van der Waals surface area contributed by atoms with Crippen molar-refractivity contribution in [2.45, 2.75) is 45.8 Å². The van der Waals surface area contributed by atoms with Crippen LogP contribution in [-0.2, 0) is 13.1 Å². The third-order valence-electron chi connectivity index (χ3n) is 4.84. The van der Waals surface area contributed by atoms with Gasteiger partial charge in [-0.25, -0.2) is 9.97 Å². The number of fused-ring (bicyclic) bond motifs is 1. The van der Waals surface area contributed by atoms with Crippen molar-refractivity contribution >= 4 is 11.0 Å². The van der Waals surface area contributed by atoms with Crippen LogP contribution in [0, 0.1) is 6.92 Å². The van der Waals surface area contributed by atoms with Gasteiger partial charge in [-0.1, -0.05) is 6.07 Å². The molecule has 1 fully saturated rings. The third-order valence-corrected chi connectivity index (χ3v) is 4.84. The molecule has 1 atom stereocenters. The molecular formula is C18H23N5. The Balaban J connectivity index is 1.61. The van der Waals surface area contributed by atoms with E-state index in [0.717, 1.165) is 36.5 Å². The molecule has 23 heavy (non-hydrogen) atoms. The number of H-pyrrole nitrogens is 1. The standard InChI is InChI=1S/C18H23N5/c1-3-22-12-19-10-14(22)11-23-8-4-5-17(23)18-20-15-7-6-13(2)9-16(15)21-18/h6-7,9-10,12,17H,3-5,8,11H2,1-2H3,(H,20,21)/t17-/m0/s1. The Morgan fingerprint density at radius 3 is 3.13 bits per heavy atom. The maximum atomic E-state index is 4.84. The molecule has 2 aromatic heterocycles. The molecule has 0 saturated carbocycles. The summed E-state index contributed by atoms with van der Waals surface area (Å²) in [5.74, 6) is 1.10. The molecule has 120 valence electrons. The molecule has 0 bridgehead atoms. The summed E-state index contributed by atoms with van der Waals surface area (Å²) in [6.07, 6.45) is 6.30. The summed E-state index contributed by atoms with van der Waals surface area (Å²) in [5.41, 5.74) is 4.76. The van der Waals surface area contributed by atoms with E-state index < -0.39 is 0 Å². The zero-order chi connectivity index (χ0) is 15.8. The van der Waals surface area contributed by atoms with Crippen LogP contribution in [0.5, 0.6) is 0 Å². The fourth-order valence-corrected chi connectivity index (χ4v) is 3.60. The largest absolute Gasteiger partial charge is 0.341 e. The number of aromatic amines is 1. The van der Waals surface area contributed by atoms with Crippen LogP contribution >= 0.6 is 0 Å². The molecule has 0 unspecified atom stereocenters. The van der Waals surface area contributed by atoms with E-state index >= 15 is 0 Å². The highest BCUT2D eigenvalue weighted by Crippen LogP contribution is 2.32. The van der Waals surface area contributed by atoms with E-state index in [1.54, 1.807) is 0 Å². The maximum absolute atomic E-state index is 4.84. The van der Waals surface area contributed by atoms with Crippen LogP contribution in [0.2, 0.25) is 0 Å². The van der Waals surface area contributed by atoms with Gasteiger partial charge in [0.2, 0.25) is 0 Å². The van der Waals surface area contributed by atoms with Crippen LogP contribution < -0.4 is 0 Å². The zero-order valence-electron chi connectivity index (χ0n) is 13.8. The van der Waals surface area contributed by atoms with Gasteiger partial charge in [-0.15, -0.1) is 0 Å². The number of benzene rings is 1. The van der Waals surface area contributed by atoms with Gasteiger partial charge in [0.25, 0.3) is 0 Å². The van der Waals surface area contributed by atoms with Gasteiger partial charge < -0.3 is 9.55 Å². The van der Waals surface area contributed by atoms with Gasteiger partial charge in [-0.3, -0.25) is 4.90 Å². The van der Waals surface area contributed by atoms with Crippen molar-refractivity contribution in [2.75, 3.05) is 6.54 Å². The van der Waals surface area contributed by atoms with Crippen molar-refractivity contribution < 1.29 is 0 Å². The molecule has 0 aliphatic carbocycles. The molecule has 1 saturated heterocycles. The summed E-state index contributed by atoms with van der Waals surface area (Å²) in [5, 5.41) is 0. The topological polar surface area (TPSA) is 49.7 Å². The smallest absolute Gasteiger partial charge is 0.124 e. The summed E-state index contributed by atoms with van der Waals surface area (Å²) >= 11 is 0. The number of hydrogen-bond acceptors (Lipinski definition) is 3. The highest BCUT2D eigenvalue weighted by Gasteiger charge is 2.29. The van der Waals surface area contributed by atoms with Crippen LogP contribution in [0.15, 0.2) is 30.7 Å². The SMILES string of the molecule is CCn1cncc1CN1CCC[C@H]1c1nc2ccc(C)cc2[nH]1. The zero-order valence-corrected chi connectivity index (χ0v) is 13.8. The lowest BCUT2D eigenvalue weighted by Gasteiger charge is -2.23. The predicted octanol–water partition coefficient (Wildman–Crippen LogP) is 3.42. The lowest BCUT2D eigenvalue weighted by Crippen LogP contribution is -2.24. The van der Waals surface area contributed by atoms with E-state index in [2.05, 4.69) is 51.5 Å². The Labute approximate surface area is 136 Å². The van der Waals surface area contributed by atoms with E-state index in [1.165, 1.54) is 24.1 Å². The molecule has 3 aromatic rings. The molecular weight excluding hydrogens is 286 g/mol. The van der Waals surface area contributed by atoms with Gasteiger partial charge in [-0.2, -0.15) is 0 Å². The van der Waals surface area contributed by atoms with Gasteiger partial charge in [-0.05, 0) is 50.9 Å². The summed E-state index contributed by atoms with van der Waals surface area (Å²) in [6, 6.07) is 6.79. The van der Waals surface area contributed by atoms with Crippen LogP contribution in [0.25, 0.3) is 11.0 Å². The Morgan fingerprint density at radius 2 is 2.26 bits per heavy atom. The first-order valence-corrected chi connectivity index (χ1v) is 8.44. The summed E-state index contributed by atoms with van der Waals surface area (Å²) < 4.78 is 2.22. The lowest BCUT2D eigenvalue weighted by atomic mass is 10.2. The Morgan fingerprint density at radius 1 is 1.35 bits per heavy atom. The van der Waals surface area contributed by atoms with Crippen molar-refractivity contribution in [3.05, 3.63) is 47.8 Å². The molecule has 0 radical (unpaired) electrons. The average molecular weight is 309 g/mol. The van der Waals surface area contributed by atoms with E-state index in [4.69, 9.17) is 4.98 Å². The first-order valence-electron chi connectivity index (χ1n) is 8.44. The minimum absolute atomic E-state index is 0.378. The molecule has 4 rings (SSSR count). The molecule has 1 aromatic carbocycles. The van der Waals surface area contributed by atoms with Crippen molar-refractivity contribution in [2.24, 2.45) is 0 Å². The van der Waals surface area contributed by atoms with E-state index in [0.29, 0.717) is 6.04 Å². The first kappa shape index (κ1) is 14.5. The molecule has 1 N–H and O–H groups in total. The highest BCUT2D eigenvalue weighted by molar-refractivity contribution is 5.75. The number of hydrogen-bond donors (Lipinski definition) is 1. The quantitative estimate of drug-likeness (QED) is 0.803. The molecule has 0 spiro atoms. The Hall–Kier alpha value is -2.14. The van der Waals surface area contributed by atoms with Gasteiger partial charge >= 0.3 is 0 Å². The number of imidazole rings is 2. The second-order valence-electron chi connectivity index (χ2n) is 6.44. The number of aryl methyl sites for hydroxylation is 2. The normalized spacial score (nSPS) is 19.0. The Kier molecular flexibility index (Phi) is 3.65. The van der Waals surface area contributed by atoms with E-state index in [-0.39, 0.29) is 0 Å². The highest BCUT2D eigenvalue weighted by atomic mass is 15.2. The fraction of sp³-hybridized carbons (Fsp3) is 0.444.